The Bertz CT molecular complexity index is 445. The molecular weight excluding hydrogens is 220 g/mol. The highest BCUT2D eigenvalue weighted by Gasteiger charge is 2.26. The van der Waals surface area contributed by atoms with Gasteiger partial charge < -0.3 is 15.4 Å². The van der Waals surface area contributed by atoms with Gasteiger partial charge >= 0.3 is 0 Å². The van der Waals surface area contributed by atoms with E-state index in [1.54, 1.807) is 0 Å². The van der Waals surface area contributed by atoms with E-state index in [0.29, 0.717) is 24.6 Å². The van der Waals surface area contributed by atoms with E-state index >= 15 is 0 Å². The second-order valence-electron chi connectivity index (χ2n) is 4.42. The molecule has 0 aliphatic carbocycles. The molecule has 1 saturated heterocycles. The molecule has 5 heteroatoms. The number of hydrogen-bond donors (Lipinski definition) is 2. The molecule has 1 fully saturated rings. The maximum atomic E-state index is 11.4. The fourth-order valence-corrected chi connectivity index (χ4v) is 1.81. The van der Waals surface area contributed by atoms with Gasteiger partial charge in [0.05, 0.1) is 19.3 Å². The van der Waals surface area contributed by atoms with Gasteiger partial charge in [0.15, 0.2) is 0 Å². The lowest BCUT2D eigenvalue weighted by molar-refractivity contribution is 0.0210. The highest BCUT2D eigenvalue weighted by Crippen LogP contribution is 2.17. The van der Waals surface area contributed by atoms with Crippen LogP contribution in [0.15, 0.2) is 9.59 Å². The van der Waals surface area contributed by atoms with Crippen LogP contribution in [0.4, 0.5) is 11.4 Å². The van der Waals surface area contributed by atoms with E-state index in [-0.39, 0.29) is 6.04 Å². The van der Waals surface area contributed by atoms with Crippen LogP contribution in [0.5, 0.6) is 0 Å². The molecule has 0 amide bonds. The molecule has 2 N–H and O–H groups in total. The zero-order chi connectivity index (χ0) is 12.3. The highest BCUT2D eigenvalue weighted by molar-refractivity contribution is 5.74. The molecule has 17 heavy (non-hydrogen) atoms. The average Bonchev–Trinajstić information content (AvgIpc) is 2.28. The Labute approximate surface area is 99.9 Å². The Kier molecular flexibility index (Phi) is 3.78. The first-order valence-corrected chi connectivity index (χ1v) is 6.15. The van der Waals surface area contributed by atoms with E-state index in [0.717, 1.165) is 25.8 Å². The number of nitrogens with one attached hydrogen (secondary N) is 2. The van der Waals surface area contributed by atoms with Crippen molar-refractivity contribution in [3.05, 3.63) is 20.4 Å². The number of rotatable bonds is 7. The Morgan fingerprint density at radius 1 is 1.18 bits per heavy atom. The topological polar surface area (TPSA) is 67.4 Å². The van der Waals surface area contributed by atoms with Crippen LogP contribution in [0.3, 0.4) is 0 Å². The van der Waals surface area contributed by atoms with E-state index in [1.165, 1.54) is 0 Å². The van der Waals surface area contributed by atoms with Crippen molar-refractivity contribution in [3.8, 4) is 0 Å². The SMILES string of the molecule is CCCCCNc1c(NC2COC2)c(=O)c1=O. The minimum atomic E-state index is -0.408. The number of unbranched alkanes of at least 4 members (excludes halogenated alkanes) is 2. The lowest BCUT2D eigenvalue weighted by Gasteiger charge is -2.29. The van der Waals surface area contributed by atoms with Crippen molar-refractivity contribution in [2.75, 3.05) is 30.4 Å². The summed E-state index contributed by atoms with van der Waals surface area (Å²) in [5.41, 5.74) is 0.0944. The van der Waals surface area contributed by atoms with Crippen LogP contribution in [-0.2, 0) is 4.74 Å². The predicted molar refractivity (Wildman–Crippen MR) is 67.6 cm³/mol. The Hall–Kier alpha value is -1.36. The van der Waals surface area contributed by atoms with Crippen molar-refractivity contribution in [1.29, 1.82) is 0 Å². The fourth-order valence-electron chi connectivity index (χ4n) is 1.81. The van der Waals surface area contributed by atoms with Gasteiger partial charge in [0.1, 0.15) is 11.4 Å². The summed E-state index contributed by atoms with van der Waals surface area (Å²) in [4.78, 5) is 22.8. The molecule has 1 aromatic rings. The van der Waals surface area contributed by atoms with E-state index in [1.807, 2.05) is 0 Å². The summed E-state index contributed by atoms with van der Waals surface area (Å²) in [6, 6.07) is 0.175. The molecule has 0 radical (unpaired) electrons. The summed E-state index contributed by atoms with van der Waals surface area (Å²) < 4.78 is 5.01. The van der Waals surface area contributed by atoms with Crippen LogP contribution < -0.4 is 21.5 Å². The van der Waals surface area contributed by atoms with Crippen LogP contribution in [-0.4, -0.2) is 25.8 Å². The molecule has 0 spiro atoms. The fraction of sp³-hybridized carbons (Fsp3) is 0.667. The van der Waals surface area contributed by atoms with Gasteiger partial charge in [0, 0.05) is 6.54 Å². The highest BCUT2D eigenvalue weighted by atomic mass is 16.5. The van der Waals surface area contributed by atoms with Crippen molar-refractivity contribution in [3.63, 3.8) is 0 Å². The smallest absolute Gasteiger partial charge is 0.253 e. The second-order valence-corrected chi connectivity index (χ2v) is 4.42. The Morgan fingerprint density at radius 2 is 1.88 bits per heavy atom. The predicted octanol–water partition coefficient (Wildman–Crippen LogP) is 0.695. The summed E-state index contributed by atoms with van der Waals surface area (Å²) in [5.74, 6) is 0. The summed E-state index contributed by atoms with van der Waals surface area (Å²) in [6.07, 6.45) is 3.28. The van der Waals surface area contributed by atoms with Gasteiger partial charge in [-0.3, -0.25) is 9.59 Å². The zero-order valence-electron chi connectivity index (χ0n) is 10.0. The molecule has 0 unspecified atom stereocenters. The van der Waals surface area contributed by atoms with Crippen LogP contribution in [0.25, 0.3) is 0 Å². The van der Waals surface area contributed by atoms with Crippen LogP contribution in [0.1, 0.15) is 26.2 Å². The summed E-state index contributed by atoms with van der Waals surface area (Å²) in [6.45, 7) is 4.08. The zero-order valence-corrected chi connectivity index (χ0v) is 10.0. The third-order valence-electron chi connectivity index (χ3n) is 2.98. The quantitative estimate of drug-likeness (QED) is 0.540. The van der Waals surface area contributed by atoms with Crippen molar-refractivity contribution in [2.45, 2.75) is 32.2 Å². The lowest BCUT2D eigenvalue weighted by atomic mass is 10.1. The van der Waals surface area contributed by atoms with Crippen molar-refractivity contribution in [1.82, 2.24) is 0 Å². The molecule has 0 aromatic heterocycles. The Balaban J connectivity index is 1.89. The lowest BCUT2D eigenvalue weighted by Crippen LogP contribution is -2.46. The van der Waals surface area contributed by atoms with E-state index in [2.05, 4.69) is 17.6 Å². The first-order valence-electron chi connectivity index (χ1n) is 6.15. The van der Waals surface area contributed by atoms with Crippen LogP contribution >= 0.6 is 0 Å². The largest absolute Gasteiger partial charge is 0.380 e. The van der Waals surface area contributed by atoms with Gasteiger partial charge in [-0.2, -0.15) is 0 Å². The van der Waals surface area contributed by atoms with Gasteiger partial charge in [-0.25, -0.2) is 0 Å². The van der Waals surface area contributed by atoms with Gasteiger partial charge in [0.25, 0.3) is 10.9 Å². The molecule has 1 heterocycles. The van der Waals surface area contributed by atoms with Crippen molar-refractivity contribution in [2.24, 2.45) is 0 Å². The normalized spacial score (nSPS) is 15.8. The van der Waals surface area contributed by atoms with Crippen molar-refractivity contribution >= 4 is 11.4 Å². The molecule has 5 nitrogen and oxygen atoms in total. The minimum absolute atomic E-state index is 0.175. The summed E-state index contributed by atoms with van der Waals surface area (Å²) >= 11 is 0. The molecule has 0 bridgehead atoms. The maximum absolute atomic E-state index is 11.4. The molecule has 0 saturated carbocycles. The van der Waals surface area contributed by atoms with Gasteiger partial charge in [-0.1, -0.05) is 19.8 Å². The van der Waals surface area contributed by atoms with Gasteiger partial charge in [-0.05, 0) is 6.42 Å². The summed E-state index contributed by atoms with van der Waals surface area (Å²) in [5, 5.41) is 6.09. The molecule has 94 valence electrons. The summed E-state index contributed by atoms with van der Waals surface area (Å²) in [7, 11) is 0. The third kappa shape index (κ3) is 2.49. The van der Waals surface area contributed by atoms with E-state index in [4.69, 9.17) is 4.74 Å². The standard InChI is InChI=1S/C12H18N2O3/c1-2-3-4-5-13-9-10(12(16)11(9)15)14-8-6-17-7-8/h8,13-14H,2-7H2,1H3. The average molecular weight is 238 g/mol. The van der Waals surface area contributed by atoms with E-state index < -0.39 is 10.9 Å². The minimum Gasteiger partial charge on any atom is -0.380 e. The molecule has 1 aromatic carbocycles. The number of hydrogen-bond acceptors (Lipinski definition) is 5. The molecule has 0 atom stereocenters. The molecule has 1 aliphatic rings. The van der Waals surface area contributed by atoms with Crippen LogP contribution in [0, 0.1) is 0 Å². The molecule has 1 aliphatic heterocycles. The van der Waals surface area contributed by atoms with Gasteiger partial charge in [-0.15, -0.1) is 0 Å². The van der Waals surface area contributed by atoms with E-state index in [9.17, 15) is 9.59 Å². The van der Waals surface area contributed by atoms with Gasteiger partial charge in [0.2, 0.25) is 0 Å². The second kappa shape index (κ2) is 5.31. The maximum Gasteiger partial charge on any atom is 0.253 e. The number of anilines is 2. The molecular formula is C12H18N2O3. The first kappa shape index (κ1) is 12.1. The third-order valence-corrected chi connectivity index (χ3v) is 2.98. The molecule has 2 rings (SSSR count). The number of ether oxygens (including phenoxy) is 1. The Morgan fingerprint density at radius 3 is 2.47 bits per heavy atom. The van der Waals surface area contributed by atoms with Crippen molar-refractivity contribution < 1.29 is 4.74 Å². The monoisotopic (exact) mass is 238 g/mol. The first-order chi connectivity index (χ1) is 8.24. The van der Waals surface area contributed by atoms with Crippen LogP contribution in [0.2, 0.25) is 0 Å².